The Kier molecular flexibility index (Phi) is 4.79. The Morgan fingerprint density at radius 2 is 2.47 bits per heavy atom. The summed E-state index contributed by atoms with van der Waals surface area (Å²) in [5.41, 5.74) is 0. The second-order valence-corrected chi connectivity index (χ2v) is 5.68. The average molecular weight is 255 g/mol. The van der Waals surface area contributed by atoms with Crippen LogP contribution in [0.1, 0.15) is 51.0 Å². The van der Waals surface area contributed by atoms with Crippen LogP contribution in [0.25, 0.3) is 0 Å². The molecule has 0 radical (unpaired) electrons. The van der Waals surface area contributed by atoms with E-state index in [4.69, 9.17) is 0 Å². The van der Waals surface area contributed by atoms with Gasteiger partial charge in [0, 0.05) is 5.75 Å². The molecule has 96 valence electrons. The molecular formula is C11H21N5S. The summed E-state index contributed by atoms with van der Waals surface area (Å²) in [6.07, 6.45) is 3.60. The predicted molar refractivity (Wildman–Crippen MR) is 70.1 cm³/mol. The molecule has 0 aromatic carbocycles. The molecule has 1 aliphatic rings. The Bertz CT molecular complexity index is 334. The van der Waals surface area contributed by atoms with E-state index in [1.54, 1.807) is 0 Å². The zero-order valence-electron chi connectivity index (χ0n) is 10.6. The van der Waals surface area contributed by atoms with E-state index < -0.39 is 0 Å². The minimum atomic E-state index is 0.233. The summed E-state index contributed by atoms with van der Waals surface area (Å²) < 4.78 is 2.03. The first-order chi connectivity index (χ1) is 8.33. The number of nitrogens with zero attached hydrogens (tertiary/aromatic N) is 4. The lowest BCUT2D eigenvalue weighted by atomic mass is 10.2. The second kappa shape index (κ2) is 6.35. The van der Waals surface area contributed by atoms with E-state index >= 15 is 0 Å². The van der Waals surface area contributed by atoms with Crippen LogP contribution in [-0.4, -0.2) is 38.3 Å². The third kappa shape index (κ3) is 3.19. The first-order valence-electron chi connectivity index (χ1n) is 6.41. The van der Waals surface area contributed by atoms with Gasteiger partial charge < -0.3 is 5.32 Å². The molecule has 6 heteroatoms. The maximum absolute atomic E-state index is 4.17. The van der Waals surface area contributed by atoms with Crippen LogP contribution in [0.5, 0.6) is 0 Å². The number of nitrogens with one attached hydrogen (secondary N) is 1. The first-order valence-corrected chi connectivity index (χ1v) is 7.57. The highest BCUT2D eigenvalue weighted by Gasteiger charge is 2.22. The quantitative estimate of drug-likeness (QED) is 0.869. The van der Waals surface area contributed by atoms with E-state index in [2.05, 4.69) is 34.7 Å². The number of tetrazole rings is 1. The summed E-state index contributed by atoms with van der Waals surface area (Å²) >= 11 is 2.00. The second-order valence-electron chi connectivity index (χ2n) is 4.53. The largest absolute Gasteiger partial charge is 0.307 e. The van der Waals surface area contributed by atoms with Crippen molar-refractivity contribution in [3.63, 3.8) is 0 Å². The zero-order valence-corrected chi connectivity index (χ0v) is 11.4. The summed E-state index contributed by atoms with van der Waals surface area (Å²) in [6.45, 7) is 5.31. The van der Waals surface area contributed by atoms with Crippen LogP contribution in [0.4, 0.5) is 0 Å². The zero-order chi connectivity index (χ0) is 12.1. The van der Waals surface area contributed by atoms with Crippen molar-refractivity contribution >= 4 is 11.8 Å². The summed E-state index contributed by atoms with van der Waals surface area (Å²) in [4.78, 5) is 0. The molecule has 1 N–H and O–H groups in total. The summed E-state index contributed by atoms with van der Waals surface area (Å²) in [5, 5.41) is 15.6. The van der Waals surface area contributed by atoms with E-state index in [0.717, 1.165) is 24.5 Å². The van der Waals surface area contributed by atoms with Crippen molar-refractivity contribution in [3.8, 4) is 0 Å². The van der Waals surface area contributed by atoms with Gasteiger partial charge in [0.05, 0.1) is 12.1 Å². The third-order valence-electron chi connectivity index (χ3n) is 3.09. The Morgan fingerprint density at radius 1 is 1.59 bits per heavy atom. The van der Waals surface area contributed by atoms with Crippen LogP contribution in [0.3, 0.4) is 0 Å². The summed E-state index contributed by atoms with van der Waals surface area (Å²) in [5.74, 6) is 3.39. The highest BCUT2D eigenvalue weighted by atomic mass is 32.2. The fourth-order valence-corrected chi connectivity index (χ4v) is 3.23. The van der Waals surface area contributed by atoms with E-state index in [0.29, 0.717) is 6.04 Å². The van der Waals surface area contributed by atoms with Gasteiger partial charge in [0.2, 0.25) is 0 Å². The minimum Gasteiger partial charge on any atom is -0.307 e. The van der Waals surface area contributed by atoms with Crippen LogP contribution in [0, 0.1) is 0 Å². The van der Waals surface area contributed by atoms with Crippen molar-refractivity contribution in [2.75, 3.05) is 18.1 Å². The number of hydrogen-bond donors (Lipinski definition) is 1. The normalized spacial score (nSPS) is 22.6. The predicted octanol–water partition coefficient (Wildman–Crippen LogP) is 1.80. The maximum atomic E-state index is 4.17. The molecule has 1 saturated heterocycles. The Balaban J connectivity index is 2.04. The van der Waals surface area contributed by atoms with E-state index in [1.807, 2.05) is 16.4 Å². The Morgan fingerprint density at radius 3 is 3.18 bits per heavy atom. The van der Waals surface area contributed by atoms with Crippen LogP contribution in [0.15, 0.2) is 0 Å². The third-order valence-corrected chi connectivity index (χ3v) is 4.29. The molecule has 2 rings (SSSR count). The van der Waals surface area contributed by atoms with Crippen LogP contribution < -0.4 is 5.32 Å². The summed E-state index contributed by atoms with van der Waals surface area (Å²) in [7, 11) is 0. The van der Waals surface area contributed by atoms with Crippen LogP contribution in [0.2, 0.25) is 0 Å². The van der Waals surface area contributed by atoms with Gasteiger partial charge in [-0.25, -0.2) is 4.68 Å². The summed E-state index contributed by atoms with van der Waals surface area (Å²) in [6, 6.07) is 0.710. The molecule has 1 aromatic heterocycles. The lowest BCUT2D eigenvalue weighted by molar-refractivity contribution is 0.405. The van der Waals surface area contributed by atoms with Gasteiger partial charge in [-0.1, -0.05) is 6.92 Å². The number of rotatable bonds is 5. The van der Waals surface area contributed by atoms with Crippen molar-refractivity contribution in [2.45, 2.75) is 45.2 Å². The molecule has 0 aliphatic carbocycles. The Labute approximate surface area is 107 Å². The molecule has 5 nitrogen and oxygen atoms in total. The van der Waals surface area contributed by atoms with E-state index in [1.165, 1.54) is 18.6 Å². The SMILES string of the molecule is CCCNC(C)c1nnnn1C1CCCSC1. The van der Waals surface area contributed by atoms with Crippen molar-refractivity contribution in [2.24, 2.45) is 0 Å². The van der Waals surface area contributed by atoms with E-state index in [9.17, 15) is 0 Å². The molecule has 0 amide bonds. The van der Waals surface area contributed by atoms with Gasteiger partial charge in [0.1, 0.15) is 0 Å². The van der Waals surface area contributed by atoms with Gasteiger partial charge >= 0.3 is 0 Å². The monoisotopic (exact) mass is 255 g/mol. The van der Waals surface area contributed by atoms with Crippen molar-refractivity contribution < 1.29 is 0 Å². The highest BCUT2D eigenvalue weighted by Crippen LogP contribution is 2.27. The number of aromatic nitrogens is 4. The van der Waals surface area contributed by atoms with Gasteiger partial charge in [0.25, 0.3) is 0 Å². The van der Waals surface area contributed by atoms with Gasteiger partial charge in [-0.2, -0.15) is 11.8 Å². The topological polar surface area (TPSA) is 55.6 Å². The molecule has 2 atom stereocenters. The van der Waals surface area contributed by atoms with Gasteiger partial charge in [-0.15, -0.1) is 5.10 Å². The molecule has 1 fully saturated rings. The first kappa shape index (κ1) is 12.8. The average Bonchev–Trinajstić information content (AvgIpc) is 2.86. The van der Waals surface area contributed by atoms with Gasteiger partial charge in [-0.05, 0) is 48.9 Å². The lowest BCUT2D eigenvalue weighted by Crippen LogP contribution is -2.26. The van der Waals surface area contributed by atoms with Crippen molar-refractivity contribution in [3.05, 3.63) is 5.82 Å². The van der Waals surface area contributed by atoms with Gasteiger partial charge in [-0.3, -0.25) is 0 Å². The molecule has 1 aromatic rings. The molecule has 17 heavy (non-hydrogen) atoms. The molecule has 0 spiro atoms. The molecule has 2 heterocycles. The number of thioether (sulfide) groups is 1. The van der Waals surface area contributed by atoms with Crippen molar-refractivity contribution in [1.29, 1.82) is 0 Å². The van der Waals surface area contributed by atoms with Crippen LogP contribution >= 0.6 is 11.8 Å². The fourth-order valence-electron chi connectivity index (χ4n) is 2.11. The Hall–Kier alpha value is -0.620. The molecule has 0 bridgehead atoms. The number of hydrogen-bond acceptors (Lipinski definition) is 5. The highest BCUT2D eigenvalue weighted by molar-refractivity contribution is 7.99. The fraction of sp³-hybridized carbons (Fsp3) is 0.909. The molecular weight excluding hydrogens is 234 g/mol. The maximum Gasteiger partial charge on any atom is 0.168 e. The minimum absolute atomic E-state index is 0.233. The van der Waals surface area contributed by atoms with Gasteiger partial charge in [0.15, 0.2) is 5.82 Å². The molecule has 2 unspecified atom stereocenters. The smallest absolute Gasteiger partial charge is 0.168 e. The molecule has 0 saturated carbocycles. The van der Waals surface area contributed by atoms with Crippen LogP contribution in [-0.2, 0) is 0 Å². The lowest BCUT2D eigenvalue weighted by Gasteiger charge is -2.23. The van der Waals surface area contributed by atoms with E-state index in [-0.39, 0.29) is 6.04 Å². The van der Waals surface area contributed by atoms with Crippen molar-refractivity contribution in [1.82, 2.24) is 25.5 Å². The molecule has 1 aliphatic heterocycles. The standard InChI is InChI=1S/C11H21N5S/c1-3-6-12-9(2)11-13-14-15-16(11)10-5-4-7-17-8-10/h9-10,12H,3-8H2,1-2H3.